The molecule has 0 saturated carbocycles. The molecular formula is C16H10ClN3O4. The van der Waals surface area contributed by atoms with Gasteiger partial charge in [-0.1, -0.05) is 11.6 Å². The first-order valence-electron chi connectivity index (χ1n) is 6.79. The van der Waals surface area contributed by atoms with Crippen molar-refractivity contribution < 1.29 is 10.0 Å². The highest BCUT2D eigenvalue weighted by atomic mass is 35.5. The quantitative estimate of drug-likeness (QED) is 0.429. The van der Waals surface area contributed by atoms with Crippen LogP contribution in [0.4, 0.5) is 5.69 Å². The van der Waals surface area contributed by atoms with Gasteiger partial charge in [0.15, 0.2) is 0 Å². The predicted molar refractivity (Wildman–Crippen MR) is 91.0 cm³/mol. The Bertz CT molecular complexity index is 1030. The molecule has 0 atom stereocenters. The molecular weight excluding hydrogens is 334 g/mol. The normalized spacial score (nSPS) is 11.6. The first kappa shape index (κ1) is 15.7. The Kier molecular flexibility index (Phi) is 4.01. The van der Waals surface area contributed by atoms with Crippen molar-refractivity contribution in [1.82, 2.24) is 9.97 Å². The van der Waals surface area contributed by atoms with Gasteiger partial charge in [-0.2, -0.15) is 0 Å². The molecule has 0 spiro atoms. The van der Waals surface area contributed by atoms with Gasteiger partial charge in [0.1, 0.15) is 11.5 Å². The van der Waals surface area contributed by atoms with Crippen LogP contribution in [0.3, 0.4) is 0 Å². The number of aromatic amines is 1. The minimum absolute atomic E-state index is 0.0104. The van der Waals surface area contributed by atoms with Gasteiger partial charge in [0.05, 0.1) is 16.0 Å². The van der Waals surface area contributed by atoms with Crippen LogP contribution in [-0.4, -0.2) is 20.0 Å². The minimum atomic E-state index is -0.566. The molecule has 1 aromatic heterocycles. The first-order chi connectivity index (χ1) is 11.4. The molecule has 0 bridgehead atoms. The number of hydrogen-bond donors (Lipinski definition) is 2. The number of aliphatic hydroxyl groups is 1. The van der Waals surface area contributed by atoms with Gasteiger partial charge in [0, 0.05) is 28.8 Å². The lowest BCUT2D eigenvalue weighted by Crippen LogP contribution is -2.12. The van der Waals surface area contributed by atoms with Gasteiger partial charge in [0.2, 0.25) is 0 Å². The number of halogens is 1. The van der Waals surface area contributed by atoms with Gasteiger partial charge in [-0.25, -0.2) is 4.98 Å². The summed E-state index contributed by atoms with van der Waals surface area (Å²) in [6, 6.07) is 10.4. The SMILES string of the molecule is O=c1[nH]c2cc([N+](=O)[O-])ccc2nc1C=C(O)c1ccc(Cl)cc1. The molecule has 0 aliphatic carbocycles. The first-order valence-corrected chi connectivity index (χ1v) is 7.17. The molecule has 3 rings (SSSR count). The smallest absolute Gasteiger partial charge is 0.274 e. The maximum atomic E-state index is 12.1. The number of H-pyrrole nitrogens is 1. The van der Waals surface area contributed by atoms with Crippen molar-refractivity contribution in [3.05, 3.63) is 79.2 Å². The summed E-state index contributed by atoms with van der Waals surface area (Å²) in [5.74, 6) is -0.147. The van der Waals surface area contributed by atoms with Crippen LogP contribution in [-0.2, 0) is 0 Å². The van der Waals surface area contributed by atoms with Gasteiger partial charge in [-0.3, -0.25) is 14.9 Å². The zero-order valence-electron chi connectivity index (χ0n) is 12.1. The van der Waals surface area contributed by atoms with Crippen LogP contribution in [0.1, 0.15) is 11.3 Å². The molecule has 0 aliphatic rings. The fourth-order valence-electron chi connectivity index (χ4n) is 2.13. The van der Waals surface area contributed by atoms with Crippen LogP contribution in [0.25, 0.3) is 22.9 Å². The fraction of sp³-hybridized carbons (Fsp3) is 0. The van der Waals surface area contributed by atoms with Crippen molar-refractivity contribution in [2.45, 2.75) is 0 Å². The predicted octanol–water partition coefficient (Wildman–Crippen LogP) is 3.54. The maximum Gasteiger partial charge on any atom is 0.274 e. The number of benzene rings is 2. The molecule has 7 nitrogen and oxygen atoms in total. The molecule has 24 heavy (non-hydrogen) atoms. The Morgan fingerprint density at radius 1 is 1.25 bits per heavy atom. The van der Waals surface area contributed by atoms with E-state index in [0.29, 0.717) is 16.1 Å². The Labute approximate surface area is 140 Å². The van der Waals surface area contributed by atoms with E-state index in [1.807, 2.05) is 0 Å². The van der Waals surface area contributed by atoms with Gasteiger partial charge < -0.3 is 10.1 Å². The van der Waals surface area contributed by atoms with Crippen LogP contribution in [0.15, 0.2) is 47.3 Å². The van der Waals surface area contributed by atoms with Gasteiger partial charge in [-0.05, 0) is 30.3 Å². The topological polar surface area (TPSA) is 109 Å². The molecule has 2 aromatic carbocycles. The molecule has 8 heteroatoms. The Morgan fingerprint density at radius 3 is 2.62 bits per heavy atom. The number of nitro groups is 1. The highest BCUT2D eigenvalue weighted by Crippen LogP contribution is 2.19. The maximum absolute atomic E-state index is 12.1. The number of nitrogens with one attached hydrogen (secondary N) is 1. The molecule has 0 saturated heterocycles. The minimum Gasteiger partial charge on any atom is -0.507 e. The van der Waals surface area contributed by atoms with E-state index in [2.05, 4.69) is 9.97 Å². The average Bonchev–Trinajstić information content (AvgIpc) is 2.55. The van der Waals surface area contributed by atoms with Crippen molar-refractivity contribution in [2.24, 2.45) is 0 Å². The van der Waals surface area contributed by atoms with Crippen molar-refractivity contribution in [2.75, 3.05) is 0 Å². The number of nitrogens with zero attached hydrogens (tertiary/aromatic N) is 2. The Balaban J connectivity index is 2.06. The summed E-state index contributed by atoms with van der Waals surface area (Å²) in [5.41, 5.74) is 0.372. The number of rotatable bonds is 3. The third-order valence-corrected chi connectivity index (χ3v) is 3.58. The molecule has 0 unspecified atom stereocenters. The Hall–Kier alpha value is -3.19. The van der Waals surface area contributed by atoms with E-state index in [-0.39, 0.29) is 22.7 Å². The Morgan fingerprint density at radius 2 is 1.96 bits per heavy atom. The molecule has 1 heterocycles. The van der Waals surface area contributed by atoms with E-state index in [9.17, 15) is 20.0 Å². The number of non-ortho nitro benzene ring substituents is 1. The second-order valence-electron chi connectivity index (χ2n) is 4.95. The lowest BCUT2D eigenvalue weighted by Gasteiger charge is -2.02. The molecule has 0 fully saturated rings. The van der Waals surface area contributed by atoms with Gasteiger partial charge in [0.25, 0.3) is 11.2 Å². The fourth-order valence-corrected chi connectivity index (χ4v) is 2.26. The summed E-state index contributed by atoms with van der Waals surface area (Å²) in [4.78, 5) is 28.9. The van der Waals surface area contributed by atoms with E-state index in [0.717, 1.165) is 0 Å². The van der Waals surface area contributed by atoms with E-state index >= 15 is 0 Å². The van der Waals surface area contributed by atoms with E-state index < -0.39 is 10.5 Å². The molecule has 3 aromatic rings. The van der Waals surface area contributed by atoms with E-state index in [1.165, 1.54) is 24.3 Å². The molecule has 0 aliphatic heterocycles. The lowest BCUT2D eigenvalue weighted by atomic mass is 10.1. The molecule has 2 N–H and O–H groups in total. The summed E-state index contributed by atoms with van der Waals surface area (Å²) >= 11 is 5.79. The average molecular weight is 344 g/mol. The second-order valence-corrected chi connectivity index (χ2v) is 5.38. The van der Waals surface area contributed by atoms with Crippen molar-refractivity contribution in [3.8, 4) is 0 Å². The van der Waals surface area contributed by atoms with E-state index in [1.54, 1.807) is 24.3 Å². The standard InChI is InChI=1S/C16H10ClN3O4/c17-10-3-1-9(2-4-10)15(21)8-14-16(22)19-13-7-11(20(23)24)5-6-12(13)18-14/h1-8,21H,(H,19,22). The lowest BCUT2D eigenvalue weighted by molar-refractivity contribution is -0.384. The second kappa shape index (κ2) is 6.13. The molecule has 0 amide bonds. The van der Waals surface area contributed by atoms with Crippen LogP contribution in [0.2, 0.25) is 5.02 Å². The summed E-state index contributed by atoms with van der Waals surface area (Å²) < 4.78 is 0. The number of fused-ring (bicyclic) bond motifs is 1. The zero-order valence-corrected chi connectivity index (χ0v) is 12.8. The monoisotopic (exact) mass is 343 g/mol. The highest BCUT2D eigenvalue weighted by molar-refractivity contribution is 6.30. The van der Waals surface area contributed by atoms with Gasteiger partial charge >= 0.3 is 0 Å². The number of hydrogen-bond acceptors (Lipinski definition) is 5. The van der Waals surface area contributed by atoms with Crippen LogP contribution >= 0.6 is 11.6 Å². The number of aliphatic hydroxyl groups excluding tert-OH is 1. The zero-order chi connectivity index (χ0) is 17.3. The van der Waals surface area contributed by atoms with Crippen molar-refractivity contribution >= 4 is 40.2 Å². The number of aromatic nitrogens is 2. The van der Waals surface area contributed by atoms with Crippen molar-refractivity contribution in [1.29, 1.82) is 0 Å². The third kappa shape index (κ3) is 3.11. The number of nitro benzene ring substituents is 1. The molecule has 0 radical (unpaired) electrons. The third-order valence-electron chi connectivity index (χ3n) is 3.33. The molecule has 120 valence electrons. The highest BCUT2D eigenvalue weighted by Gasteiger charge is 2.10. The van der Waals surface area contributed by atoms with E-state index in [4.69, 9.17) is 11.6 Å². The van der Waals surface area contributed by atoms with Crippen LogP contribution in [0.5, 0.6) is 0 Å². The summed E-state index contributed by atoms with van der Waals surface area (Å²) in [6.07, 6.45) is 1.23. The van der Waals surface area contributed by atoms with Crippen molar-refractivity contribution in [3.63, 3.8) is 0 Å². The largest absolute Gasteiger partial charge is 0.507 e. The van der Waals surface area contributed by atoms with Gasteiger partial charge in [-0.15, -0.1) is 0 Å². The summed E-state index contributed by atoms with van der Waals surface area (Å²) in [5, 5.41) is 21.4. The summed E-state index contributed by atoms with van der Waals surface area (Å²) in [7, 11) is 0. The summed E-state index contributed by atoms with van der Waals surface area (Å²) in [6.45, 7) is 0. The van der Waals surface area contributed by atoms with Crippen LogP contribution < -0.4 is 5.56 Å². The van der Waals surface area contributed by atoms with Crippen LogP contribution in [0, 0.1) is 10.1 Å².